The average molecular weight is 376 g/mol. The van der Waals surface area contributed by atoms with Crippen molar-refractivity contribution in [3.63, 3.8) is 0 Å². The van der Waals surface area contributed by atoms with Crippen LogP contribution in [0.2, 0.25) is 10.0 Å². The third kappa shape index (κ3) is 3.17. The van der Waals surface area contributed by atoms with Crippen LogP contribution in [-0.4, -0.2) is 27.4 Å². The summed E-state index contributed by atoms with van der Waals surface area (Å²) < 4.78 is 7.62. The van der Waals surface area contributed by atoms with Crippen LogP contribution in [0.4, 0.5) is 0 Å². The maximum Gasteiger partial charge on any atom is 0.270 e. The number of hydrogen-bond acceptors (Lipinski definition) is 3. The fourth-order valence-corrected chi connectivity index (χ4v) is 3.23. The van der Waals surface area contributed by atoms with Gasteiger partial charge in [0.15, 0.2) is 0 Å². The van der Waals surface area contributed by atoms with Gasteiger partial charge in [-0.3, -0.25) is 9.20 Å². The number of amides is 1. The lowest BCUT2D eigenvalue weighted by molar-refractivity contribution is 0.0697. The number of carbonyl (C=O) groups excluding carboxylic acids is 1. The minimum absolute atomic E-state index is 0.0171. The van der Waals surface area contributed by atoms with Crippen molar-refractivity contribution in [3.05, 3.63) is 64.5 Å². The Labute approximate surface area is 154 Å². The van der Waals surface area contributed by atoms with Crippen molar-refractivity contribution in [1.29, 1.82) is 0 Å². The van der Waals surface area contributed by atoms with E-state index in [9.17, 15) is 4.79 Å². The predicted molar refractivity (Wildman–Crippen MR) is 96.6 cm³/mol. The van der Waals surface area contributed by atoms with Crippen LogP contribution in [0.1, 0.15) is 23.3 Å². The molecule has 1 N–H and O–H groups in total. The van der Waals surface area contributed by atoms with Crippen LogP contribution in [0, 0.1) is 0 Å². The molecule has 3 aromatic rings. The second-order valence-corrected chi connectivity index (χ2v) is 6.79. The summed E-state index contributed by atoms with van der Waals surface area (Å²) in [7, 11) is 0. The number of hydrogen-bond donors (Lipinski definition) is 1. The molecule has 1 amide bonds. The summed E-state index contributed by atoms with van der Waals surface area (Å²) in [4.78, 5) is 16.7. The van der Waals surface area contributed by atoms with Crippen molar-refractivity contribution in [3.8, 4) is 5.75 Å². The van der Waals surface area contributed by atoms with Gasteiger partial charge >= 0.3 is 0 Å². The molecular formula is C18H15Cl2N3O2. The molecule has 0 bridgehead atoms. The molecule has 2 aromatic heterocycles. The van der Waals surface area contributed by atoms with Crippen molar-refractivity contribution >= 4 is 34.8 Å². The Morgan fingerprint density at radius 3 is 2.88 bits per heavy atom. The molecule has 128 valence electrons. The number of pyridine rings is 1. The molecule has 1 aliphatic rings. The Morgan fingerprint density at radius 2 is 2.04 bits per heavy atom. The van der Waals surface area contributed by atoms with Gasteiger partial charge in [-0.05, 0) is 24.3 Å². The monoisotopic (exact) mass is 375 g/mol. The summed E-state index contributed by atoms with van der Waals surface area (Å²) in [5, 5.41) is 3.90. The highest BCUT2D eigenvalue weighted by Gasteiger charge is 2.33. The number of aromatic nitrogens is 2. The van der Waals surface area contributed by atoms with Gasteiger partial charge in [-0.1, -0.05) is 35.3 Å². The highest BCUT2D eigenvalue weighted by atomic mass is 35.5. The molecule has 7 heteroatoms. The van der Waals surface area contributed by atoms with Crippen LogP contribution < -0.4 is 10.1 Å². The van der Waals surface area contributed by atoms with Crippen molar-refractivity contribution in [1.82, 2.24) is 14.7 Å². The molecule has 0 aliphatic heterocycles. The molecule has 25 heavy (non-hydrogen) atoms. The summed E-state index contributed by atoms with van der Waals surface area (Å²) in [6.07, 6.45) is 4.88. The Kier molecular flexibility index (Phi) is 4.27. The van der Waals surface area contributed by atoms with Gasteiger partial charge in [-0.15, -0.1) is 0 Å². The zero-order valence-electron chi connectivity index (χ0n) is 13.2. The average Bonchev–Trinajstić information content (AvgIpc) is 3.01. The molecule has 1 aliphatic carbocycles. The molecule has 0 atom stereocenters. The molecule has 2 heterocycles. The molecule has 1 aromatic carbocycles. The smallest absolute Gasteiger partial charge is 0.270 e. The SMILES string of the molecule is O=C(N[C@H]1C[C@H](Oc2cccc(Cl)c2Cl)C1)c1cnc2ccccn12. The van der Waals surface area contributed by atoms with Gasteiger partial charge in [0.2, 0.25) is 0 Å². The molecule has 0 saturated heterocycles. The first-order chi connectivity index (χ1) is 12.1. The summed E-state index contributed by atoms with van der Waals surface area (Å²) in [5.41, 5.74) is 1.27. The van der Waals surface area contributed by atoms with Gasteiger partial charge in [0.05, 0.1) is 11.2 Å². The quantitative estimate of drug-likeness (QED) is 0.750. The second kappa shape index (κ2) is 6.58. The van der Waals surface area contributed by atoms with E-state index in [1.807, 2.05) is 24.4 Å². The van der Waals surface area contributed by atoms with Gasteiger partial charge in [0.1, 0.15) is 28.2 Å². The zero-order valence-corrected chi connectivity index (χ0v) is 14.7. The van der Waals surface area contributed by atoms with Gasteiger partial charge < -0.3 is 10.1 Å². The van der Waals surface area contributed by atoms with E-state index >= 15 is 0 Å². The summed E-state index contributed by atoms with van der Waals surface area (Å²) in [6.45, 7) is 0. The molecule has 1 fully saturated rings. The Hall–Kier alpha value is -2.24. The van der Waals surface area contributed by atoms with Crippen LogP contribution in [0.5, 0.6) is 5.75 Å². The fraction of sp³-hybridized carbons (Fsp3) is 0.222. The molecular weight excluding hydrogens is 361 g/mol. The fourth-order valence-electron chi connectivity index (χ4n) is 2.89. The minimum atomic E-state index is -0.136. The van der Waals surface area contributed by atoms with Crippen LogP contribution in [0.3, 0.4) is 0 Å². The third-order valence-corrected chi connectivity index (χ3v) is 5.09. The minimum Gasteiger partial charge on any atom is -0.489 e. The van der Waals surface area contributed by atoms with Crippen LogP contribution in [0.15, 0.2) is 48.8 Å². The first kappa shape index (κ1) is 16.2. The first-order valence-electron chi connectivity index (χ1n) is 7.95. The van der Waals surface area contributed by atoms with Crippen molar-refractivity contribution < 1.29 is 9.53 Å². The highest BCUT2D eigenvalue weighted by Crippen LogP contribution is 2.35. The van der Waals surface area contributed by atoms with Gasteiger partial charge in [0.25, 0.3) is 5.91 Å². The maximum absolute atomic E-state index is 12.4. The number of rotatable bonds is 4. The zero-order chi connectivity index (χ0) is 17.4. The lowest BCUT2D eigenvalue weighted by atomic mass is 9.89. The Morgan fingerprint density at radius 1 is 1.20 bits per heavy atom. The second-order valence-electron chi connectivity index (χ2n) is 6.01. The van der Waals surface area contributed by atoms with Crippen LogP contribution in [-0.2, 0) is 0 Å². The largest absolute Gasteiger partial charge is 0.489 e. The number of fused-ring (bicyclic) bond motifs is 1. The summed E-state index contributed by atoms with van der Waals surface area (Å²) >= 11 is 12.1. The molecule has 0 radical (unpaired) electrons. The van der Waals surface area contributed by atoms with E-state index in [2.05, 4.69) is 10.3 Å². The topological polar surface area (TPSA) is 55.6 Å². The van der Waals surface area contributed by atoms with E-state index in [1.54, 1.807) is 28.8 Å². The van der Waals surface area contributed by atoms with E-state index in [0.717, 1.165) is 18.5 Å². The van der Waals surface area contributed by atoms with Gasteiger partial charge in [0, 0.05) is 25.1 Å². The van der Waals surface area contributed by atoms with E-state index < -0.39 is 0 Å². The molecule has 0 unspecified atom stereocenters. The number of nitrogens with one attached hydrogen (secondary N) is 1. The highest BCUT2D eigenvalue weighted by molar-refractivity contribution is 6.42. The van der Waals surface area contributed by atoms with E-state index in [0.29, 0.717) is 21.5 Å². The molecule has 5 nitrogen and oxygen atoms in total. The van der Waals surface area contributed by atoms with Crippen molar-refractivity contribution in [2.75, 3.05) is 0 Å². The van der Waals surface area contributed by atoms with Gasteiger partial charge in [-0.25, -0.2) is 4.98 Å². The number of ether oxygens (including phenoxy) is 1. The Balaban J connectivity index is 1.35. The number of nitrogens with zero attached hydrogens (tertiary/aromatic N) is 2. The number of carbonyl (C=O) groups is 1. The van der Waals surface area contributed by atoms with Crippen LogP contribution >= 0.6 is 23.2 Å². The van der Waals surface area contributed by atoms with E-state index in [-0.39, 0.29) is 18.1 Å². The molecule has 1 saturated carbocycles. The Bertz CT molecular complexity index is 935. The third-order valence-electron chi connectivity index (χ3n) is 4.29. The van der Waals surface area contributed by atoms with E-state index in [1.165, 1.54) is 0 Å². The lowest BCUT2D eigenvalue weighted by Crippen LogP contribution is -2.49. The van der Waals surface area contributed by atoms with Gasteiger partial charge in [-0.2, -0.15) is 0 Å². The summed E-state index contributed by atoms with van der Waals surface area (Å²) in [6, 6.07) is 11.0. The number of imidazole rings is 1. The standard InChI is InChI=1S/C18H15Cl2N3O2/c19-13-4-3-5-15(17(13)20)25-12-8-11(9-12)22-18(24)14-10-21-16-6-1-2-7-23(14)16/h1-7,10-12H,8-9H2,(H,22,24)/t11-,12-. The van der Waals surface area contributed by atoms with Crippen molar-refractivity contribution in [2.45, 2.75) is 25.0 Å². The number of halogens is 2. The van der Waals surface area contributed by atoms with E-state index in [4.69, 9.17) is 27.9 Å². The number of benzene rings is 1. The normalized spacial score (nSPS) is 19.4. The predicted octanol–water partition coefficient (Wildman–Crippen LogP) is 3.98. The molecule has 4 rings (SSSR count). The molecule has 0 spiro atoms. The van der Waals surface area contributed by atoms with Crippen LogP contribution in [0.25, 0.3) is 5.65 Å². The summed E-state index contributed by atoms with van der Waals surface area (Å²) in [5.74, 6) is 0.439. The van der Waals surface area contributed by atoms with Crippen molar-refractivity contribution in [2.24, 2.45) is 0 Å². The lowest BCUT2D eigenvalue weighted by Gasteiger charge is -2.35. The first-order valence-corrected chi connectivity index (χ1v) is 8.71. The maximum atomic E-state index is 12.4.